The number of benzene rings is 2. The number of ether oxygens (including phenoxy) is 1. The zero-order chi connectivity index (χ0) is 23.9. The van der Waals surface area contributed by atoms with Crippen LogP contribution in [0.4, 0.5) is 11.5 Å². The van der Waals surface area contributed by atoms with Crippen LogP contribution in [0, 0.1) is 11.8 Å². The lowest BCUT2D eigenvalue weighted by molar-refractivity contribution is -0.111. The highest BCUT2D eigenvalue weighted by molar-refractivity contribution is 6.05. The van der Waals surface area contributed by atoms with Crippen LogP contribution in [0.3, 0.4) is 0 Å². The number of nitrogens with zero attached hydrogens (tertiary/aromatic N) is 2. The second-order valence-electron chi connectivity index (χ2n) is 7.35. The van der Waals surface area contributed by atoms with E-state index >= 15 is 0 Å². The Bertz CT molecular complexity index is 1420. The Labute approximate surface area is 197 Å². The summed E-state index contributed by atoms with van der Waals surface area (Å²) < 4.78 is 6.06. The van der Waals surface area contributed by atoms with Crippen molar-refractivity contribution in [2.24, 2.45) is 0 Å². The number of carbonyl (C=O) groups excluding carboxylic acids is 2. The molecule has 168 valence electrons. The summed E-state index contributed by atoms with van der Waals surface area (Å²) in [5, 5.41) is 6.27. The summed E-state index contributed by atoms with van der Waals surface area (Å²) in [7, 11) is 0. The van der Waals surface area contributed by atoms with Gasteiger partial charge in [0.2, 0.25) is 0 Å². The smallest absolute Gasteiger partial charge is 0.300 e. The van der Waals surface area contributed by atoms with Crippen LogP contribution in [0.2, 0.25) is 0 Å². The molecule has 0 saturated carbocycles. The third kappa shape index (κ3) is 5.37. The van der Waals surface area contributed by atoms with Crippen molar-refractivity contribution in [3.63, 3.8) is 0 Å². The van der Waals surface area contributed by atoms with Crippen molar-refractivity contribution in [1.82, 2.24) is 9.97 Å². The van der Waals surface area contributed by atoms with Gasteiger partial charge in [-0.3, -0.25) is 14.6 Å². The Morgan fingerprint density at radius 1 is 0.941 bits per heavy atom. The van der Waals surface area contributed by atoms with Crippen LogP contribution in [-0.4, -0.2) is 21.8 Å². The van der Waals surface area contributed by atoms with Crippen LogP contribution in [0.25, 0.3) is 10.9 Å². The second-order valence-corrected chi connectivity index (χ2v) is 7.35. The van der Waals surface area contributed by atoms with Gasteiger partial charge in [-0.05, 0) is 85.5 Å². The molecular weight excluding hydrogens is 428 g/mol. The monoisotopic (exact) mass is 450 g/mol. The quantitative estimate of drug-likeness (QED) is 0.394. The zero-order valence-corrected chi connectivity index (χ0v) is 18.8. The lowest BCUT2D eigenvalue weighted by Gasteiger charge is -2.11. The van der Waals surface area contributed by atoms with E-state index in [0.29, 0.717) is 28.6 Å². The van der Waals surface area contributed by atoms with E-state index in [9.17, 15) is 9.59 Å². The van der Waals surface area contributed by atoms with Gasteiger partial charge in [-0.25, -0.2) is 4.98 Å². The van der Waals surface area contributed by atoms with Gasteiger partial charge >= 0.3 is 0 Å². The van der Waals surface area contributed by atoms with Crippen LogP contribution < -0.4 is 15.4 Å². The first-order valence-electron chi connectivity index (χ1n) is 10.7. The molecule has 0 radical (unpaired) electrons. The van der Waals surface area contributed by atoms with E-state index in [-0.39, 0.29) is 5.91 Å². The predicted octanol–water partition coefficient (Wildman–Crippen LogP) is 5.20. The van der Waals surface area contributed by atoms with Crippen LogP contribution in [0.1, 0.15) is 29.8 Å². The summed E-state index contributed by atoms with van der Waals surface area (Å²) in [5.74, 6) is 6.02. The molecule has 0 spiro atoms. The van der Waals surface area contributed by atoms with E-state index < -0.39 is 5.91 Å². The number of hydrogen-bond donors (Lipinski definition) is 2. The van der Waals surface area contributed by atoms with Gasteiger partial charge in [-0.1, -0.05) is 12.8 Å². The van der Waals surface area contributed by atoms with Gasteiger partial charge in [0.1, 0.15) is 17.3 Å². The maximum Gasteiger partial charge on any atom is 0.300 e. The molecule has 0 saturated heterocycles. The van der Waals surface area contributed by atoms with E-state index in [2.05, 4.69) is 32.4 Å². The molecule has 0 unspecified atom stereocenters. The third-order valence-corrected chi connectivity index (χ3v) is 5.02. The lowest BCUT2D eigenvalue weighted by atomic mass is 10.1. The molecule has 34 heavy (non-hydrogen) atoms. The predicted molar refractivity (Wildman–Crippen MR) is 132 cm³/mol. The van der Waals surface area contributed by atoms with Gasteiger partial charge in [0.05, 0.1) is 5.52 Å². The fourth-order valence-corrected chi connectivity index (χ4v) is 3.32. The first-order chi connectivity index (χ1) is 16.6. The summed E-state index contributed by atoms with van der Waals surface area (Å²) in [4.78, 5) is 32.9. The van der Waals surface area contributed by atoms with E-state index in [0.717, 1.165) is 22.9 Å². The van der Waals surface area contributed by atoms with Crippen LogP contribution >= 0.6 is 0 Å². The highest BCUT2D eigenvalue weighted by Gasteiger charge is 2.10. The molecule has 7 nitrogen and oxygen atoms in total. The fourth-order valence-electron chi connectivity index (χ4n) is 3.32. The van der Waals surface area contributed by atoms with Crippen molar-refractivity contribution in [3.8, 4) is 23.3 Å². The number of amides is 2. The van der Waals surface area contributed by atoms with Gasteiger partial charge in [-0.15, -0.1) is 0 Å². The Morgan fingerprint density at radius 2 is 1.74 bits per heavy atom. The summed E-state index contributed by atoms with van der Waals surface area (Å²) in [6.07, 6.45) is 4.19. The second kappa shape index (κ2) is 10.3. The number of hydrogen-bond acceptors (Lipinski definition) is 5. The summed E-state index contributed by atoms with van der Waals surface area (Å²) in [5.41, 5.74) is 2.89. The van der Waals surface area contributed by atoms with Crippen molar-refractivity contribution in [2.75, 3.05) is 10.6 Å². The molecular formula is C27H22N4O3. The van der Waals surface area contributed by atoms with Crippen LogP contribution in [-0.2, 0) is 11.2 Å². The Balaban J connectivity index is 1.51. The van der Waals surface area contributed by atoms with Gasteiger partial charge in [0, 0.05) is 29.0 Å². The Hall–Kier alpha value is -4.70. The summed E-state index contributed by atoms with van der Waals surface area (Å²) in [6, 6.07) is 17.7. The summed E-state index contributed by atoms with van der Waals surface area (Å²) >= 11 is 0. The van der Waals surface area contributed by atoms with Crippen molar-refractivity contribution in [2.45, 2.75) is 20.3 Å². The highest BCUT2D eigenvalue weighted by Crippen LogP contribution is 2.31. The average Bonchev–Trinajstić information content (AvgIpc) is 2.85. The molecule has 2 aromatic heterocycles. The Kier molecular flexibility index (Phi) is 6.80. The lowest BCUT2D eigenvalue weighted by Crippen LogP contribution is -2.12. The van der Waals surface area contributed by atoms with Crippen molar-refractivity contribution in [3.05, 3.63) is 84.2 Å². The molecule has 0 fully saturated rings. The molecule has 2 amide bonds. The number of aromatic nitrogens is 2. The highest BCUT2D eigenvalue weighted by atomic mass is 16.5. The minimum atomic E-state index is -0.390. The maximum absolute atomic E-state index is 12.6. The summed E-state index contributed by atoms with van der Waals surface area (Å²) in [6.45, 7) is 3.65. The van der Waals surface area contributed by atoms with E-state index in [1.165, 1.54) is 0 Å². The number of nitrogens with one attached hydrogen (secondary N) is 2. The molecule has 4 rings (SSSR count). The number of aryl methyl sites for hydroxylation is 1. The third-order valence-electron chi connectivity index (χ3n) is 5.02. The molecule has 4 aromatic rings. The van der Waals surface area contributed by atoms with E-state index in [1.54, 1.807) is 67.8 Å². The van der Waals surface area contributed by atoms with E-state index in [1.807, 2.05) is 19.1 Å². The molecule has 0 bridgehead atoms. The number of pyridine rings is 2. The minimum absolute atomic E-state index is 0.253. The van der Waals surface area contributed by atoms with Gasteiger partial charge in [-0.2, -0.15) is 0 Å². The number of carbonyl (C=O) groups is 2. The molecule has 2 N–H and O–H groups in total. The largest absolute Gasteiger partial charge is 0.457 e. The number of fused-ring (bicyclic) bond motifs is 1. The minimum Gasteiger partial charge on any atom is -0.457 e. The molecule has 0 aliphatic rings. The molecule has 2 aromatic carbocycles. The van der Waals surface area contributed by atoms with Gasteiger partial charge in [0.25, 0.3) is 11.8 Å². The molecule has 7 heteroatoms. The topological polar surface area (TPSA) is 93.2 Å². The molecule has 0 aliphatic carbocycles. The molecule has 0 atom stereocenters. The van der Waals surface area contributed by atoms with Crippen molar-refractivity contribution >= 4 is 34.2 Å². The zero-order valence-electron chi connectivity index (χ0n) is 18.8. The first-order valence-corrected chi connectivity index (χ1v) is 10.7. The van der Waals surface area contributed by atoms with Gasteiger partial charge in [0.15, 0.2) is 0 Å². The van der Waals surface area contributed by atoms with Crippen LogP contribution in [0.15, 0.2) is 73.1 Å². The number of anilines is 2. The Morgan fingerprint density at radius 3 is 2.50 bits per heavy atom. The standard InChI is InChI=1S/C27H22N4O3/c1-3-5-26(32)30-20-8-11-23-22(17-20)24(13-15-28-23)34-21-9-6-19(7-10-21)27(33)31-25-16-18(4-2)12-14-29-25/h6-17H,4H2,1-2H3,(H,30,32)(H,29,31,33). The number of rotatable bonds is 6. The average molecular weight is 450 g/mol. The normalized spacial score (nSPS) is 10.2. The molecule has 0 aliphatic heterocycles. The van der Waals surface area contributed by atoms with Crippen molar-refractivity contribution in [1.29, 1.82) is 0 Å². The first kappa shape index (κ1) is 22.5. The van der Waals surface area contributed by atoms with Gasteiger partial charge < -0.3 is 15.4 Å². The SMILES string of the molecule is CC#CC(=O)Nc1ccc2nccc(Oc3ccc(C(=O)Nc4cc(CC)ccn4)cc3)c2c1. The van der Waals surface area contributed by atoms with Crippen molar-refractivity contribution < 1.29 is 14.3 Å². The van der Waals surface area contributed by atoms with E-state index in [4.69, 9.17) is 4.74 Å². The maximum atomic E-state index is 12.6. The molecule has 2 heterocycles. The fraction of sp³-hybridized carbons (Fsp3) is 0.111. The van der Waals surface area contributed by atoms with Crippen LogP contribution in [0.5, 0.6) is 11.5 Å².